The van der Waals surface area contributed by atoms with E-state index in [2.05, 4.69) is 24.1 Å². The van der Waals surface area contributed by atoms with E-state index >= 15 is 0 Å². The van der Waals surface area contributed by atoms with Gasteiger partial charge in [-0.1, -0.05) is 6.42 Å². The second-order valence-electron chi connectivity index (χ2n) is 4.87. The van der Waals surface area contributed by atoms with Gasteiger partial charge in [-0.15, -0.1) is 12.4 Å². The summed E-state index contributed by atoms with van der Waals surface area (Å²) in [7, 11) is 0. The summed E-state index contributed by atoms with van der Waals surface area (Å²) < 4.78 is 0. The largest absolute Gasteiger partial charge is 0.390 e. The van der Waals surface area contributed by atoms with Gasteiger partial charge in [-0.05, 0) is 26.7 Å². The minimum Gasteiger partial charge on any atom is -0.390 e. The molecule has 0 aliphatic carbocycles. The van der Waals surface area contributed by atoms with Crippen LogP contribution in [0.25, 0.3) is 0 Å². The van der Waals surface area contributed by atoms with Crippen molar-refractivity contribution in [2.24, 2.45) is 0 Å². The van der Waals surface area contributed by atoms with E-state index < -0.39 is 0 Å². The molecule has 4 atom stereocenters. The van der Waals surface area contributed by atoms with E-state index in [1.165, 1.54) is 19.3 Å². The van der Waals surface area contributed by atoms with Gasteiger partial charge in [-0.2, -0.15) is 0 Å². The van der Waals surface area contributed by atoms with E-state index in [4.69, 9.17) is 0 Å². The van der Waals surface area contributed by atoms with Crippen LogP contribution in [0.4, 0.5) is 0 Å². The summed E-state index contributed by atoms with van der Waals surface area (Å²) in [5.41, 5.74) is 0. The molecule has 2 N–H and O–H groups in total. The van der Waals surface area contributed by atoms with E-state index in [1.807, 2.05) is 0 Å². The number of nitrogens with zero attached hydrogens (tertiary/aromatic N) is 1. The molecule has 0 saturated carbocycles. The lowest BCUT2D eigenvalue weighted by atomic mass is 9.94. The molecule has 0 spiro atoms. The Morgan fingerprint density at radius 2 is 1.73 bits per heavy atom. The molecule has 0 amide bonds. The van der Waals surface area contributed by atoms with Crippen LogP contribution in [0.3, 0.4) is 0 Å². The van der Waals surface area contributed by atoms with Crippen molar-refractivity contribution in [1.29, 1.82) is 0 Å². The van der Waals surface area contributed by atoms with Crippen molar-refractivity contribution in [1.82, 2.24) is 10.2 Å². The third-order valence-corrected chi connectivity index (χ3v) is 3.80. The molecule has 0 aromatic carbocycles. The van der Waals surface area contributed by atoms with Crippen LogP contribution in [0, 0.1) is 0 Å². The Labute approximate surface area is 98.6 Å². The summed E-state index contributed by atoms with van der Waals surface area (Å²) in [5, 5.41) is 13.1. The highest BCUT2D eigenvalue weighted by atomic mass is 35.5. The number of hydrogen-bond acceptors (Lipinski definition) is 3. The average Bonchev–Trinajstić information content (AvgIpc) is 2.52. The van der Waals surface area contributed by atoms with Crippen molar-refractivity contribution in [2.45, 2.75) is 57.3 Å². The molecule has 2 unspecified atom stereocenters. The zero-order valence-corrected chi connectivity index (χ0v) is 10.5. The fourth-order valence-corrected chi connectivity index (χ4v) is 3.05. The van der Waals surface area contributed by atoms with Gasteiger partial charge in [-0.25, -0.2) is 0 Å². The molecule has 2 heterocycles. The minimum atomic E-state index is -0.169. The zero-order valence-electron chi connectivity index (χ0n) is 9.65. The van der Waals surface area contributed by atoms with Crippen molar-refractivity contribution in [3.8, 4) is 0 Å². The van der Waals surface area contributed by atoms with Gasteiger partial charge in [0.25, 0.3) is 0 Å². The van der Waals surface area contributed by atoms with Crippen molar-refractivity contribution < 1.29 is 5.11 Å². The number of nitrogens with one attached hydrogen (secondary N) is 1. The van der Waals surface area contributed by atoms with Crippen molar-refractivity contribution in [3.05, 3.63) is 0 Å². The minimum absolute atomic E-state index is 0. The van der Waals surface area contributed by atoms with Crippen LogP contribution in [-0.4, -0.2) is 47.3 Å². The van der Waals surface area contributed by atoms with Gasteiger partial charge in [0.15, 0.2) is 0 Å². The Morgan fingerprint density at radius 3 is 2.20 bits per heavy atom. The highest BCUT2D eigenvalue weighted by molar-refractivity contribution is 5.85. The van der Waals surface area contributed by atoms with Crippen LogP contribution < -0.4 is 5.32 Å². The number of piperidine rings is 1. The van der Waals surface area contributed by atoms with E-state index in [0.717, 1.165) is 13.1 Å². The Balaban J connectivity index is 0.00000112. The number of hydrogen-bond donors (Lipinski definition) is 2. The fourth-order valence-electron chi connectivity index (χ4n) is 3.05. The smallest absolute Gasteiger partial charge is 0.0832 e. The maximum absolute atomic E-state index is 9.87. The van der Waals surface area contributed by atoms with Gasteiger partial charge in [0, 0.05) is 31.2 Å². The van der Waals surface area contributed by atoms with E-state index in [9.17, 15) is 5.11 Å². The molecule has 15 heavy (non-hydrogen) atoms. The Kier molecular flexibility index (Phi) is 4.84. The Morgan fingerprint density at radius 1 is 1.13 bits per heavy atom. The van der Waals surface area contributed by atoms with Gasteiger partial charge in [0.05, 0.1) is 6.10 Å². The van der Waals surface area contributed by atoms with Gasteiger partial charge < -0.3 is 10.4 Å². The number of halogens is 1. The van der Waals surface area contributed by atoms with Crippen LogP contribution in [0.1, 0.15) is 33.1 Å². The summed E-state index contributed by atoms with van der Waals surface area (Å²) in [6.45, 7) is 6.30. The number of likely N-dealkylation sites (tertiary alicyclic amines) is 1. The number of β-amino-alcohol motifs (C(OH)–C–C–N with tert-alkyl or cyclic N) is 1. The summed E-state index contributed by atoms with van der Waals surface area (Å²) in [6, 6.07) is 1.62. The van der Waals surface area contributed by atoms with Crippen molar-refractivity contribution >= 4 is 12.4 Å². The van der Waals surface area contributed by atoms with Crippen LogP contribution in [0.2, 0.25) is 0 Å². The molecular weight excluding hydrogens is 212 g/mol. The number of aliphatic hydroxyl groups excluding tert-OH is 1. The predicted molar refractivity (Wildman–Crippen MR) is 64.5 cm³/mol. The van der Waals surface area contributed by atoms with Crippen molar-refractivity contribution in [2.75, 3.05) is 13.1 Å². The topological polar surface area (TPSA) is 35.5 Å². The maximum Gasteiger partial charge on any atom is 0.0832 e. The lowest BCUT2D eigenvalue weighted by molar-refractivity contribution is 0.00857. The first kappa shape index (κ1) is 13.2. The van der Waals surface area contributed by atoms with Crippen LogP contribution in [0.5, 0.6) is 0 Å². The molecule has 2 saturated heterocycles. The van der Waals surface area contributed by atoms with Crippen molar-refractivity contribution in [3.63, 3.8) is 0 Å². The normalized spacial score (nSPS) is 42.6. The summed E-state index contributed by atoms with van der Waals surface area (Å²) in [5.74, 6) is 0. The molecule has 3 nitrogen and oxygen atoms in total. The first-order chi connectivity index (χ1) is 6.70. The molecule has 0 bridgehead atoms. The monoisotopic (exact) mass is 234 g/mol. The van der Waals surface area contributed by atoms with Crippen LogP contribution in [-0.2, 0) is 0 Å². The quantitative estimate of drug-likeness (QED) is 0.711. The molecule has 2 fully saturated rings. The molecule has 2 aliphatic rings. The Hall–Kier alpha value is 0.170. The first-order valence-electron chi connectivity index (χ1n) is 5.86. The molecular formula is C11H23ClN2O. The third-order valence-electron chi connectivity index (χ3n) is 3.80. The summed E-state index contributed by atoms with van der Waals surface area (Å²) in [4.78, 5) is 2.52. The predicted octanol–water partition coefficient (Wildman–Crippen LogP) is 1.00. The molecule has 0 radical (unpaired) electrons. The van der Waals surface area contributed by atoms with Gasteiger partial charge in [0.1, 0.15) is 0 Å². The summed E-state index contributed by atoms with van der Waals surface area (Å²) in [6.07, 6.45) is 3.74. The molecule has 0 aromatic heterocycles. The molecule has 2 rings (SSSR count). The van der Waals surface area contributed by atoms with Gasteiger partial charge in [-0.3, -0.25) is 4.90 Å². The van der Waals surface area contributed by atoms with Crippen LogP contribution >= 0.6 is 12.4 Å². The fraction of sp³-hybridized carbons (Fsp3) is 1.00. The average molecular weight is 235 g/mol. The van der Waals surface area contributed by atoms with Crippen LogP contribution in [0.15, 0.2) is 0 Å². The molecule has 4 heteroatoms. The molecule has 0 aromatic rings. The number of aliphatic hydroxyl groups is 1. The number of rotatable bonds is 1. The molecule has 2 aliphatic heterocycles. The summed E-state index contributed by atoms with van der Waals surface area (Å²) >= 11 is 0. The lowest BCUT2D eigenvalue weighted by Gasteiger charge is -2.43. The second kappa shape index (κ2) is 5.48. The lowest BCUT2D eigenvalue weighted by Crippen LogP contribution is -2.54. The van der Waals surface area contributed by atoms with E-state index in [1.54, 1.807) is 0 Å². The highest BCUT2D eigenvalue weighted by Crippen LogP contribution is 2.26. The standard InChI is InChI=1S/C11H22N2O.ClH/c1-8-4-3-5-9(2)13(8)10-6-12-7-11(10)14;/h8-12,14H,3-7H2,1-2H3;1H/t8?,9?,10-,11-;/m1./s1. The van der Waals surface area contributed by atoms with Gasteiger partial charge in [0.2, 0.25) is 0 Å². The second-order valence-corrected chi connectivity index (χ2v) is 4.87. The Bertz CT molecular complexity index is 193. The third kappa shape index (κ3) is 2.64. The van der Waals surface area contributed by atoms with E-state index in [0.29, 0.717) is 18.1 Å². The van der Waals surface area contributed by atoms with E-state index in [-0.39, 0.29) is 18.5 Å². The highest BCUT2D eigenvalue weighted by Gasteiger charge is 2.37. The first-order valence-corrected chi connectivity index (χ1v) is 5.86. The SMILES string of the molecule is CC1CCCC(C)N1[C@@H]1CNC[C@H]1O.Cl. The maximum atomic E-state index is 9.87. The molecule has 90 valence electrons. The zero-order chi connectivity index (χ0) is 10.1. The van der Waals surface area contributed by atoms with Gasteiger partial charge >= 0.3 is 0 Å².